The van der Waals surface area contributed by atoms with Gasteiger partial charge in [-0.1, -0.05) is 67.8 Å². The Morgan fingerprint density at radius 3 is 2.59 bits per heavy atom. The standard InChI is InChI=1S/C25H26N2O2/c1-3-4-17-25(18-11-10-14-20-12-6-5-7-13-20)26-22-16-9-8-15-21(22)19-23(26)24(28)27(25)29-2/h5-9,12-13,15-16,19H,3-4,10,14,17H2,1-2H3. The van der Waals surface area contributed by atoms with Gasteiger partial charge < -0.3 is 0 Å². The molecule has 4 heteroatoms. The smallest absolute Gasteiger partial charge is 0.297 e. The first-order valence-corrected chi connectivity index (χ1v) is 10.2. The second-order valence-corrected chi connectivity index (χ2v) is 7.41. The van der Waals surface area contributed by atoms with Gasteiger partial charge in [0.05, 0.1) is 12.6 Å². The number of hydrogen-bond acceptors (Lipinski definition) is 2. The second kappa shape index (κ2) is 8.14. The quantitative estimate of drug-likeness (QED) is 0.550. The number of benzene rings is 2. The van der Waals surface area contributed by atoms with E-state index in [1.165, 1.54) is 10.6 Å². The summed E-state index contributed by atoms with van der Waals surface area (Å²) in [5, 5.41) is 2.53. The summed E-state index contributed by atoms with van der Waals surface area (Å²) in [4.78, 5) is 18.7. The highest BCUT2D eigenvalue weighted by Gasteiger charge is 2.50. The number of carbonyl (C=O) groups excluding carboxylic acids is 1. The molecule has 1 amide bonds. The van der Waals surface area contributed by atoms with E-state index in [1.807, 2.05) is 42.5 Å². The maximum Gasteiger partial charge on any atom is 0.297 e. The molecule has 0 saturated carbocycles. The minimum Gasteiger partial charge on any atom is -0.300 e. The first-order valence-electron chi connectivity index (χ1n) is 10.2. The summed E-state index contributed by atoms with van der Waals surface area (Å²) in [6.07, 6.45) is 4.32. The molecule has 0 radical (unpaired) electrons. The predicted molar refractivity (Wildman–Crippen MR) is 115 cm³/mol. The summed E-state index contributed by atoms with van der Waals surface area (Å²) in [6, 6.07) is 20.4. The minimum atomic E-state index is -0.809. The molecule has 29 heavy (non-hydrogen) atoms. The van der Waals surface area contributed by atoms with Crippen LogP contribution in [0.5, 0.6) is 0 Å². The SMILES string of the molecule is CCCCC1(C#CCCc2ccccc2)N(OC)C(=O)c2cc3ccccc3n21. The Kier molecular flexibility index (Phi) is 5.42. The van der Waals surface area contributed by atoms with Crippen molar-refractivity contribution in [3.63, 3.8) is 0 Å². The van der Waals surface area contributed by atoms with Crippen molar-refractivity contribution in [2.75, 3.05) is 7.11 Å². The van der Waals surface area contributed by atoms with Crippen LogP contribution in [-0.4, -0.2) is 22.6 Å². The molecular weight excluding hydrogens is 360 g/mol. The molecule has 1 atom stereocenters. The van der Waals surface area contributed by atoms with Crippen molar-refractivity contribution in [1.29, 1.82) is 0 Å². The molecule has 0 bridgehead atoms. The molecule has 2 aromatic carbocycles. The normalized spacial score (nSPS) is 18.0. The van der Waals surface area contributed by atoms with E-state index < -0.39 is 5.66 Å². The molecule has 1 unspecified atom stereocenters. The highest BCUT2D eigenvalue weighted by atomic mass is 16.7. The van der Waals surface area contributed by atoms with Gasteiger partial charge in [0.2, 0.25) is 5.66 Å². The average molecular weight is 386 g/mol. The van der Waals surface area contributed by atoms with Gasteiger partial charge in [-0.15, -0.1) is 0 Å². The molecule has 148 valence electrons. The molecule has 1 aliphatic rings. The maximum absolute atomic E-state index is 13.1. The van der Waals surface area contributed by atoms with Crippen molar-refractivity contribution in [3.05, 3.63) is 71.9 Å². The van der Waals surface area contributed by atoms with Crippen LogP contribution in [0.4, 0.5) is 0 Å². The first kappa shape index (κ1) is 19.3. The van der Waals surface area contributed by atoms with E-state index in [0.29, 0.717) is 5.69 Å². The van der Waals surface area contributed by atoms with Crippen LogP contribution in [0.15, 0.2) is 60.7 Å². The summed E-state index contributed by atoms with van der Waals surface area (Å²) >= 11 is 0. The van der Waals surface area contributed by atoms with Crippen molar-refractivity contribution in [2.45, 2.75) is 44.7 Å². The summed E-state index contributed by atoms with van der Waals surface area (Å²) in [5.41, 5.74) is 2.12. The van der Waals surface area contributed by atoms with Crippen molar-refractivity contribution in [3.8, 4) is 11.8 Å². The Bertz CT molecular complexity index is 1070. The van der Waals surface area contributed by atoms with Gasteiger partial charge in [0, 0.05) is 18.2 Å². The van der Waals surface area contributed by atoms with Gasteiger partial charge in [0.25, 0.3) is 5.91 Å². The molecule has 3 aromatic rings. The Morgan fingerprint density at radius 2 is 1.83 bits per heavy atom. The monoisotopic (exact) mass is 386 g/mol. The van der Waals surface area contributed by atoms with E-state index >= 15 is 0 Å². The average Bonchev–Trinajstić information content (AvgIpc) is 3.25. The molecule has 4 nitrogen and oxygen atoms in total. The molecule has 1 aromatic heterocycles. The van der Waals surface area contributed by atoms with Gasteiger partial charge in [-0.3, -0.25) is 14.2 Å². The van der Waals surface area contributed by atoms with Gasteiger partial charge in [-0.2, -0.15) is 5.06 Å². The Hall–Kier alpha value is -3.03. The molecule has 1 aliphatic heterocycles. The molecule has 0 N–H and O–H groups in total. The van der Waals surface area contributed by atoms with E-state index in [9.17, 15) is 4.79 Å². The number of aromatic nitrogens is 1. The number of unbranched alkanes of at least 4 members (excludes halogenated alkanes) is 1. The third-order valence-corrected chi connectivity index (χ3v) is 5.55. The van der Waals surface area contributed by atoms with Crippen LogP contribution in [0, 0.1) is 11.8 Å². The zero-order valence-electron chi connectivity index (χ0n) is 17.0. The van der Waals surface area contributed by atoms with Crippen molar-refractivity contribution in [2.24, 2.45) is 0 Å². The molecule has 0 spiro atoms. The fourth-order valence-electron chi connectivity index (χ4n) is 4.17. The van der Waals surface area contributed by atoms with Gasteiger partial charge in [0.15, 0.2) is 0 Å². The zero-order chi connectivity index (χ0) is 20.3. The van der Waals surface area contributed by atoms with Crippen LogP contribution in [-0.2, 0) is 16.9 Å². The summed E-state index contributed by atoms with van der Waals surface area (Å²) in [7, 11) is 1.55. The molecule has 0 aliphatic carbocycles. The number of fused-ring (bicyclic) bond motifs is 3. The summed E-state index contributed by atoms with van der Waals surface area (Å²) in [6.45, 7) is 2.15. The van der Waals surface area contributed by atoms with E-state index in [-0.39, 0.29) is 5.91 Å². The lowest BCUT2D eigenvalue weighted by Gasteiger charge is -2.34. The number of amides is 1. The first-order chi connectivity index (χ1) is 14.2. The Morgan fingerprint density at radius 1 is 1.07 bits per heavy atom. The van der Waals surface area contributed by atoms with E-state index in [4.69, 9.17) is 4.84 Å². The van der Waals surface area contributed by atoms with E-state index in [0.717, 1.165) is 43.0 Å². The van der Waals surface area contributed by atoms with E-state index in [1.54, 1.807) is 7.11 Å². The van der Waals surface area contributed by atoms with Crippen LogP contribution in [0.3, 0.4) is 0 Å². The van der Waals surface area contributed by atoms with Crippen molar-refractivity contribution >= 4 is 16.8 Å². The number of para-hydroxylation sites is 1. The highest BCUT2D eigenvalue weighted by Crippen LogP contribution is 2.41. The van der Waals surface area contributed by atoms with Crippen molar-refractivity contribution < 1.29 is 9.63 Å². The van der Waals surface area contributed by atoms with Gasteiger partial charge >= 0.3 is 0 Å². The van der Waals surface area contributed by atoms with Crippen LogP contribution in [0.2, 0.25) is 0 Å². The third kappa shape index (κ3) is 3.32. The van der Waals surface area contributed by atoms with Crippen LogP contribution in [0.1, 0.15) is 48.7 Å². The molecule has 0 fully saturated rings. The Balaban J connectivity index is 1.76. The predicted octanol–water partition coefficient (Wildman–Crippen LogP) is 5.14. The third-order valence-electron chi connectivity index (χ3n) is 5.55. The molecule has 0 saturated heterocycles. The zero-order valence-corrected chi connectivity index (χ0v) is 17.0. The number of nitrogens with zero attached hydrogens (tertiary/aromatic N) is 2. The number of hydroxylamine groups is 2. The second-order valence-electron chi connectivity index (χ2n) is 7.41. The Labute approximate surface area is 172 Å². The number of hydrogen-bond donors (Lipinski definition) is 0. The summed E-state index contributed by atoms with van der Waals surface area (Å²) < 4.78 is 2.08. The van der Waals surface area contributed by atoms with Gasteiger partial charge in [0.1, 0.15) is 5.69 Å². The highest BCUT2D eigenvalue weighted by molar-refractivity contribution is 6.01. The lowest BCUT2D eigenvalue weighted by Crippen LogP contribution is -2.45. The number of rotatable bonds is 6. The van der Waals surface area contributed by atoms with Gasteiger partial charge in [-0.05, 0) is 36.5 Å². The van der Waals surface area contributed by atoms with Crippen LogP contribution >= 0.6 is 0 Å². The van der Waals surface area contributed by atoms with Crippen LogP contribution in [0.25, 0.3) is 10.9 Å². The molecule has 4 rings (SSSR count). The van der Waals surface area contributed by atoms with E-state index in [2.05, 4.69) is 41.5 Å². The largest absolute Gasteiger partial charge is 0.300 e. The lowest BCUT2D eigenvalue weighted by molar-refractivity contribution is -0.160. The lowest BCUT2D eigenvalue weighted by atomic mass is 10.0. The maximum atomic E-state index is 13.1. The van der Waals surface area contributed by atoms with Crippen LogP contribution < -0.4 is 0 Å². The fraction of sp³-hybridized carbons (Fsp3) is 0.320. The molecule has 2 heterocycles. The summed E-state index contributed by atoms with van der Waals surface area (Å²) in [5.74, 6) is 6.69. The molecular formula is C25H26N2O2. The topological polar surface area (TPSA) is 34.5 Å². The fourth-order valence-corrected chi connectivity index (χ4v) is 4.17. The van der Waals surface area contributed by atoms with Crippen molar-refractivity contribution in [1.82, 2.24) is 9.63 Å². The number of carbonyl (C=O) groups is 1. The minimum absolute atomic E-state index is 0.128. The number of aryl methyl sites for hydroxylation is 1. The van der Waals surface area contributed by atoms with Gasteiger partial charge in [-0.25, -0.2) is 0 Å².